The molecule has 0 aromatic heterocycles. The smallest absolute Gasteiger partial charge is 0.329 e. The molecule has 166 valence electrons. The molecule has 0 heterocycles. The number of rotatable bonds is 10. The van der Waals surface area contributed by atoms with E-state index in [1.807, 2.05) is 13.8 Å². The highest BCUT2D eigenvalue weighted by atomic mass is 16.5. The molecule has 0 aliphatic carbocycles. The Balaban J connectivity index is 2.58. The van der Waals surface area contributed by atoms with Crippen LogP contribution in [0, 0.1) is 11.8 Å². The average molecular weight is 421 g/mol. The summed E-state index contributed by atoms with van der Waals surface area (Å²) in [6.45, 7) is 7.29. The van der Waals surface area contributed by atoms with Crippen LogP contribution in [0.25, 0.3) is 0 Å². The third-order valence-electron chi connectivity index (χ3n) is 4.16. The summed E-state index contributed by atoms with van der Waals surface area (Å²) in [5.41, 5.74) is 0.272. The topological polar surface area (TPSA) is 123 Å². The fourth-order valence-corrected chi connectivity index (χ4v) is 2.46. The summed E-state index contributed by atoms with van der Waals surface area (Å²) < 4.78 is 10.1. The number of carbonyl (C=O) groups excluding carboxylic acids is 4. The van der Waals surface area contributed by atoms with Crippen molar-refractivity contribution in [3.8, 4) is 5.75 Å². The van der Waals surface area contributed by atoms with Crippen molar-refractivity contribution in [1.82, 2.24) is 16.0 Å². The van der Waals surface area contributed by atoms with Crippen LogP contribution in [-0.4, -0.2) is 50.1 Å². The van der Waals surface area contributed by atoms with Gasteiger partial charge in [-0.25, -0.2) is 9.59 Å². The van der Waals surface area contributed by atoms with Crippen molar-refractivity contribution in [2.24, 2.45) is 11.8 Å². The average Bonchev–Trinajstić information content (AvgIpc) is 2.69. The molecule has 3 N–H and O–H groups in total. The minimum atomic E-state index is -0.977. The number of amides is 4. The predicted molar refractivity (Wildman–Crippen MR) is 111 cm³/mol. The minimum absolute atomic E-state index is 0.272. The van der Waals surface area contributed by atoms with Gasteiger partial charge in [-0.3, -0.25) is 14.9 Å². The number of ether oxygens (including phenoxy) is 2. The van der Waals surface area contributed by atoms with Gasteiger partial charge in [0.15, 0.2) is 6.61 Å². The Morgan fingerprint density at radius 1 is 1.03 bits per heavy atom. The Hall–Kier alpha value is -3.10. The van der Waals surface area contributed by atoms with E-state index in [4.69, 9.17) is 9.47 Å². The van der Waals surface area contributed by atoms with Crippen LogP contribution in [0.4, 0.5) is 4.79 Å². The zero-order valence-electron chi connectivity index (χ0n) is 18.1. The molecule has 9 nitrogen and oxygen atoms in total. The largest absolute Gasteiger partial charge is 0.496 e. The monoisotopic (exact) mass is 421 g/mol. The minimum Gasteiger partial charge on any atom is -0.496 e. The highest BCUT2D eigenvalue weighted by molar-refractivity contribution is 5.99. The van der Waals surface area contributed by atoms with Gasteiger partial charge in [-0.2, -0.15) is 0 Å². The summed E-state index contributed by atoms with van der Waals surface area (Å²) in [6.07, 6.45) is 0.776. The van der Waals surface area contributed by atoms with E-state index in [0.717, 1.165) is 6.42 Å². The van der Waals surface area contributed by atoms with Crippen LogP contribution in [-0.2, 0) is 14.3 Å². The van der Waals surface area contributed by atoms with Gasteiger partial charge in [0.25, 0.3) is 11.8 Å². The number of para-hydroxylation sites is 1. The third kappa shape index (κ3) is 8.50. The van der Waals surface area contributed by atoms with E-state index in [2.05, 4.69) is 16.0 Å². The maximum Gasteiger partial charge on any atom is 0.329 e. The van der Waals surface area contributed by atoms with Crippen LogP contribution in [0.3, 0.4) is 0 Å². The van der Waals surface area contributed by atoms with E-state index in [9.17, 15) is 19.2 Å². The number of methoxy groups -OCH3 is 1. The highest BCUT2D eigenvalue weighted by Crippen LogP contribution is 2.17. The first-order chi connectivity index (χ1) is 14.1. The van der Waals surface area contributed by atoms with E-state index in [-0.39, 0.29) is 11.5 Å². The second-order valence-electron chi connectivity index (χ2n) is 7.49. The fraction of sp³-hybridized carbons (Fsp3) is 0.524. The number of hydrogen-bond donors (Lipinski definition) is 3. The molecule has 1 atom stereocenters. The molecule has 4 amide bonds. The number of nitrogens with one attached hydrogen (secondary N) is 3. The summed E-state index contributed by atoms with van der Waals surface area (Å²) in [4.78, 5) is 48.4. The lowest BCUT2D eigenvalue weighted by Crippen LogP contribution is -2.47. The third-order valence-corrected chi connectivity index (χ3v) is 4.16. The molecule has 1 rings (SSSR count). The second-order valence-corrected chi connectivity index (χ2v) is 7.49. The normalized spacial score (nSPS) is 11.6. The summed E-state index contributed by atoms with van der Waals surface area (Å²) in [7, 11) is 1.44. The first-order valence-electron chi connectivity index (χ1n) is 9.83. The number of benzene rings is 1. The number of urea groups is 1. The predicted octanol–water partition coefficient (Wildman–Crippen LogP) is 1.86. The first kappa shape index (κ1) is 24.9. The van der Waals surface area contributed by atoms with E-state index in [1.165, 1.54) is 7.11 Å². The second kappa shape index (κ2) is 12.5. The lowest BCUT2D eigenvalue weighted by atomic mass is 10.0. The summed E-state index contributed by atoms with van der Waals surface area (Å²) >= 11 is 0. The molecule has 0 radical (unpaired) electrons. The van der Waals surface area contributed by atoms with Gasteiger partial charge in [-0.1, -0.05) is 39.8 Å². The van der Waals surface area contributed by atoms with Gasteiger partial charge < -0.3 is 20.1 Å². The van der Waals surface area contributed by atoms with Gasteiger partial charge in [-0.05, 0) is 30.4 Å². The Bertz CT molecular complexity index is 748. The molecule has 0 spiro atoms. The Kier molecular flexibility index (Phi) is 10.4. The molecule has 30 heavy (non-hydrogen) atoms. The first-order valence-corrected chi connectivity index (χ1v) is 9.83. The summed E-state index contributed by atoms with van der Waals surface area (Å²) in [5.74, 6) is -1.54. The quantitative estimate of drug-likeness (QED) is 0.496. The molecular weight excluding hydrogens is 390 g/mol. The Morgan fingerprint density at radius 2 is 1.70 bits per heavy atom. The molecule has 0 saturated heterocycles. The zero-order chi connectivity index (χ0) is 22.7. The van der Waals surface area contributed by atoms with Crippen LogP contribution in [0.15, 0.2) is 24.3 Å². The standard InChI is InChI=1S/C21H31N3O6/c1-13(2)10-11-22-21(28)23-17(25)12-30-20(27)18(14(3)4)24-19(26)15-8-6-7-9-16(15)29-5/h6-9,13-14,18H,10-12H2,1-5H3,(H,24,26)(H2,22,23,25,28)/t18-/m0/s1. The molecule has 0 bridgehead atoms. The van der Waals surface area contributed by atoms with Gasteiger partial charge >= 0.3 is 12.0 Å². The molecule has 0 saturated carbocycles. The molecule has 1 aromatic carbocycles. The van der Waals surface area contributed by atoms with E-state index in [0.29, 0.717) is 18.2 Å². The van der Waals surface area contributed by atoms with Crippen LogP contribution in [0.2, 0.25) is 0 Å². The molecule has 9 heteroatoms. The van der Waals surface area contributed by atoms with Crippen molar-refractivity contribution in [2.45, 2.75) is 40.2 Å². The van der Waals surface area contributed by atoms with Gasteiger partial charge in [0.2, 0.25) is 0 Å². The lowest BCUT2D eigenvalue weighted by molar-refractivity contribution is -0.151. The number of hydrogen-bond acceptors (Lipinski definition) is 6. The number of carbonyl (C=O) groups is 4. The van der Waals surface area contributed by atoms with Gasteiger partial charge in [0.05, 0.1) is 12.7 Å². The van der Waals surface area contributed by atoms with Crippen molar-refractivity contribution in [3.05, 3.63) is 29.8 Å². The van der Waals surface area contributed by atoms with E-state index >= 15 is 0 Å². The van der Waals surface area contributed by atoms with Crippen LogP contribution in [0.5, 0.6) is 5.75 Å². The van der Waals surface area contributed by atoms with Crippen LogP contribution >= 0.6 is 0 Å². The highest BCUT2D eigenvalue weighted by Gasteiger charge is 2.27. The van der Waals surface area contributed by atoms with Gasteiger partial charge in [0, 0.05) is 6.54 Å². The van der Waals surface area contributed by atoms with Crippen LogP contribution in [0.1, 0.15) is 44.5 Å². The molecule has 0 aliphatic rings. The molecule has 0 unspecified atom stereocenters. The van der Waals surface area contributed by atoms with E-state index in [1.54, 1.807) is 38.1 Å². The maximum atomic E-state index is 12.5. The van der Waals surface area contributed by atoms with E-state index < -0.39 is 36.5 Å². The van der Waals surface area contributed by atoms with Crippen molar-refractivity contribution in [3.63, 3.8) is 0 Å². The Morgan fingerprint density at radius 3 is 2.30 bits per heavy atom. The lowest BCUT2D eigenvalue weighted by Gasteiger charge is -2.21. The van der Waals surface area contributed by atoms with Crippen molar-refractivity contribution < 1.29 is 28.7 Å². The van der Waals surface area contributed by atoms with Gasteiger partial charge in [0.1, 0.15) is 11.8 Å². The SMILES string of the molecule is COc1ccccc1C(=O)N[C@H](C(=O)OCC(=O)NC(=O)NCCC(C)C)C(C)C. The Labute approximate surface area is 176 Å². The summed E-state index contributed by atoms with van der Waals surface area (Å²) in [5, 5.41) is 7.24. The van der Waals surface area contributed by atoms with Crippen molar-refractivity contribution in [1.29, 1.82) is 0 Å². The molecule has 1 aromatic rings. The molecule has 0 aliphatic heterocycles. The van der Waals surface area contributed by atoms with Crippen molar-refractivity contribution in [2.75, 3.05) is 20.3 Å². The molecular formula is C21H31N3O6. The summed E-state index contributed by atoms with van der Waals surface area (Å²) in [6, 6.07) is 4.98. The van der Waals surface area contributed by atoms with Crippen LogP contribution < -0.4 is 20.7 Å². The number of imide groups is 1. The molecule has 0 fully saturated rings. The number of esters is 1. The fourth-order valence-electron chi connectivity index (χ4n) is 2.46. The van der Waals surface area contributed by atoms with Gasteiger partial charge in [-0.15, -0.1) is 0 Å². The maximum absolute atomic E-state index is 12.5. The zero-order valence-corrected chi connectivity index (χ0v) is 18.1. The van der Waals surface area contributed by atoms with Crippen molar-refractivity contribution >= 4 is 23.8 Å².